The Bertz CT molecular complexity index is 204. The molecule has 0 aromatic carbocycles. The number of hydrogen-bond donors (Lipinski definition) is 1. The van der Waals surface area contributed by atoms with Crippen LogP contribution in [0.5, 0.6) is 0 Å². The topological polar surface area (TPSA) is 38.3 Å². The van der Waals surface area contributed by atoms with E-state index in [1.54, 1.807) is 0 Å². The summed E-state index contributed by atoms with van der Waals surface area (Å²) in [5.74, 6) is 0.986. The van der Waals surface area contributed by atoms with Crippen LogP contribution in [0.25, 0.3) is 0 Å². The first kappa shape index (κ1) is 10.7. The van der Waals surface area contributed by atoms with Crippen LogP contribution in [0, 0.1) is 0 Å². The van der Waals surface area contributed by atoms with Crippen molar-refractivity contribution in [3.63, 3.8) is 0 Å². The minimum Gasteiger partial charge on any atom is -0.447 e. The van der Waals surface area contributed by atoms with Gasteiger partial charge in [0.25, 0.3) is 0 Å². The summed E-state index contributed by atoms with van der Waals surface area (Å²) in [6.07, 6.45) is -0.343. The van der Waals surface area contributed by atoms with Crippen LogP contribution >= 0.6 is 11.8 Å². The van der Waals surface area contributed by atoms with Gasteiger partial charge in [0.05, 0.1) is 12.1 Å². The second-order valence-electron chi connectivity index (χ2n) is 4.07. The van der Waals surface area contributed by atoms with Crippen LogP contribution in [0.1, 0.15) is 27.7 Å². The third kappa shape index (κ3) is 2.79. The van der Waals surface area contributed by atoms with Gasteiger partial charge < -0.3 is 10.1 Å². The predicted octanol–water partition coefficient (Wildman–Crippen LogP) is 2.01. The van der Waals surface area contributed by atoms with E-state index in [0.717, 1.165) is 5.75 Å². The summed E-state index contributed by atoms with van der Waals surface area (Å²) < 4.78 is 5.15. The molecule has 0 aromatic rings. The van der Waals surface area contributed by atoms with Crippen LogP contribution in [0.15, 0.2) is 0 Å². The lowest BCUT2D eigenvalue weighted by atomic mass is 10.0. The SMILES string of the molecule is CC(C)OC(=O)NC1CSC1(C)C. The van der Waals surface area contributed by atoms with Gasteiger partial charge in [-0.1, -0.05) is 0 Å². The molecule has 76 valence electrons. The van der Waals surface area contributed by atoms with Gasteiger partial charge >= 0.3 is 6.09 Å². The molecule has 1 atom stereocenters. The minimum atomic E-state index is -0.298. The zero-order chi connectivity index (χ0) is 10.1. The van der Waals surface area contributed by atoms with Gasteiger partial charge in [-0.3, -0.25) is 0 Å². The van der Waals surface area contributed by atoms with Crippen LogP contribution < -0.4 is 5.32 Å². The third-order valence-electron chi connectivity index (χ3n) is 2.10. The van der Waals surface area contributed by atoms with Crippen molar-refractivity contribution in [1.82, 2.24) is 5.32 Å². The number of alkyl carbamates (subject to hydrolysis) is 1. The summed E-state index contributed by atoms with van der Waals surface area (Å²) in [7, 11) is 0. The van der Waals surface area contributed by atoms with Crippen molar-refractivity contribution in [1.29, 1.82) is 0 Å². The van der Waals surface area contributed by atoms with Crippen molar-refractivity contribution in [2.24, 2.45) is 0 Å². The van der Waals surface area contributed by atoms with Crippen LogP contribution in [-0.2, 0) is 4.74 Å². The summed E-state index contributed by atoms with van der Waals surface area (Å²) in [5.41, 5.74) is 0. The molecule has 1 aliphatic rings. The van der Waals surface area contributed by atoms with Crippen LogP contribution in [0.4, 0.5) is 4.79 Å². The molecule has 0 radical (unpaired) electrons. The largest absolute Gasteiger partial charge is 0.447 e. The number of nitrogens with one attached hydrogen (secondary N) is 1. The number of rotatable bonds is 2. The Labute approximate surface area is 83.6 Å². The molecule has 1 N–H and O–H groups in total. The summed E-state index contributed by atoms with van der Waals surface area (Å²) in [6, 6.07) is 0.253. The number of carbonyl (C=O) groups excluding carboxylic acids is 1. The summed E-state index contributed by atoms with van der Waals surface area (Å²) >= 11 is 1.86. The number of ether oxygens (including phenoxy) is 1. The fourth-order valence-corrected chi connectivity index (χ4v) is 2.25. The van der Waals surface area contributed by atoms with E-state index in [1.165, 1.54) is 0 Å². The fraction of sp³-hybridized carbons (Fsp3) is 0.889. The van der Waals surface area contributed by atoms with Gasteiger partial charge in [0.1, 0.15) is 0 Å². The monoisotopic (exact) mass is 203 g/mol. The maximum atomic E-state index is 11.2. The zero-order valence-electron chi connectivity index (χ0n) is 8.59. The molecule has 1 saturated heterocycles. The summed E-state index contributed by atoms with van der Waals surface area (Å²) in [5, 5.41) is 2.86. The van der Waals surface area contributed by atoms with Crippen molar-refractivity contribution in [2.45, 2.75) is 44.6 Å². The minimum absolute atomic E-state index is 0.0455. The van der Waals surface area contributed by atoms with E-state index < -0.39 is 0 Å². The van der Waals surface area contributed by atoms with Gasteiger partial charge in [0.2, 0.25) is 0 Å². The Morgan fingerprint density at radius 2 is 2.23 bits per heavy atom. The molecule has 4 heteroatoms. The van der Waals surface area contributed by atoms with E-state index in [2.05, 4.69) is 19.2 Å². The highest BCUT2D eigenvalue weighted by molar-refractivity contribution is 8.02. The molecule has 0 aliphatic carbocycles. The van der Waals surface area contributed by atoms with E-state index in [-0.39, 0.29) is 23.0 Å². The quantitative estimate of drug-likeness (QED) is 0.746. The average molecular weight is 203 g/mol. The Balaban J connectivity index is 2.29. The standard InChI is InChI=1S/C9H17NO2S/c1-6(2)12-8(11)10-7-5-13-9(7,3)4/h6-7H,5H2,1-4H3,(H,10,11). The predicted molar refractivity (Wildman–Crippen MR) is 55.1 cm³/mol. The van der Waals surface area contributed by atoms with Crippen LogP contribution in [-0.4, -0.2) is 28.7 Å². The lowest BCUT2D eigenvalue weighted by Gasteiger charge is -2.43. The van der Waals surface area contributed by atoms with E-state index >= 15 is 0 Å². The van der Waals surface area contributed by atoms with Crippen molar-refractivity contribution in [3.8, 4) is 0 Å². The molecule has 1 fully saturated rings. The Kier molecular flexibility index (Phi) is 3.11. The molecule has 3 nitrogen and oxygen atoms in total. The van der Waals surface area contributed by atoms with Crippen LogP contribution in [0.2, 0.25) is 0 Å². The second kappa shape index (κ2) is 3.78. The van der Waals surface area contributed by atoms with Gasteiger partial charge in [-0.25, -0.2) is 4.79 Å². The molecular weight excluding hydrogens is 186 g/mol. The van der Waals surface area contributed by atoms with Gasteiger partial charge in [-0.15, -0.1) is 0 Å². The first-order valence-corrected chi connectivity index (χ1v) is 5.51. The molecular formula is C9H17NO2S. The molecule has 0 spiro atoms. The molecule has 0 aromatic heterocycles. The Hall–Kier alpha value is -0.380. The lowest BCUT2D eigenvalue weighted by molar-refractivity contribution is 0.111. The third-order valence-corrected chi connectivity index (χ3v) is 3.62. The number of amides is 1. The smallest absolute Gasteiger partial charge is 0.407 e. The molecule has 1 heterocycles. The summed E-state index contributed by atoms with van der Waals surface area (Å²) in [6.45, 7) is 7.95. The van der Waals surface area contributed by atoms with E-state index in [4.69, 9.17) is 4.74 Å². The maximum absolute atomic E-state index is 11.2. The molecule has 0 bridgehead atoms. The van der Waals surface area contributed by atoms with E-state index in [9.17, 15) is 4.79 Å². The van der Waals surface area contributed by atoms with Crippen LogP contribution in [0.3, 0.4) is 0 Å². The molecule has 13 heavy (non-hydrogen) atoms. The molecule has 1 amide bonds. The van der Waals surface area contributed by atoms with Gasteiger partial charge in [0, 0.05) is 10.5 Å². The maximum Gasteiger partial charge on any atom is 0.407 e. The Morgan fingerprint density at radius 1 is 1.62 bits per heavy atom. The van der Waals surface area contributed by atoms with Gasteiger partial charge in [-0.2, -0.15) is 11.8 Å². The normalized spacial score (nSPS) is 25.2. The first-order chi connectivity index (χ1) is 5.92. The molecule has 1 rings (SSSR count). The lowest BCUT2D eigenvalue weighted by Crippen LogP contribution is -2.56. The number of thioether (sulfide) groups is 1. The summed E-state index contributed by atoms with van der Waals surface area (Å²) in [4.78, 5) is 11.2. The van der Waals surface area contributed by atoms with Crippen molar-refractivity contribution >= 4 is 17.9 Å². The zero-order valence-corrected chi connectivity index (χ0v) is 9.40. The number of hydrogen-bond acceptors (Lipinski definition) is 3. The highest BCUT2D eigenvalue weighted by Crippen LogP contribution is 2.39. The first-order valence-electron chi connectivity index (χ1n) is 4.53. The molecule has 0 saturated carbocycles. The van der Waals surface area contributed by atoms with E-state index in [1.807, 2.05) is 25.6 Å². The van der Waals surface area contributed by atoms with Crippen molar-refractivity contribution < 1.29 is 9.53 Å². The fourth-order valence-electron chi connectivity index (χ4n) is 1.11. The second-order valence-corrected chi connectivity index (χ2v) is 5.74. The highest BCUT2D eigenvalue weighted by atomic mass is 32.2. The van der Waals surface area contributed by atoms with Gasteiger partial charge in [0.15, 0.2) is 0 Å². The van der Waals surface area contributed by atoms with Gasteiger partial charge in [-0.05, 0) is 27.7 Å². The van der Waals surface area contributed by atoms with Crippen molar-refractivity contribution in [2.75, 3.05) is 5.75 Å². The Morgan fingerprint density at radius 3 is 2.54 bits per heavy atom. The highest BCUT2D eigenvalue weighted by Gasteiger charge is 2.40. The van der Waals surface area contributed by atoms with Crippen molar-refractivity contribution in [3.05, 3.63) is 0 Å². The molecule has 1 aliphatic heterocycles. The van der Waals surface area contributed by atoms with E-state index in [0.29, 0.717) is 0 Å². The molecule has 1 unspecified atom stereocenters. The average Bonchev–Trinajstić information content (AvgIpc) is 1.97. The number of carbonyl (C=O) groups is 1.